The van der Waals surface area contributed by atoms with E-state index >= 15 is 0 Å². The Balaban J connectivity index is 0.826. The van der Waals surface area contributed by atoms with Crippen molar-refractivity contribution in [2.75, 3.05) is 86.7 Å². The van der Waals surface area contributed by atoms with Gasteiger partial charge in [-0.15, -0.1) is 11.8 Å². The van der Waals surface area contributed by atoms with Crippen LogP contribution in [0.15, 0.2) is 136 Å². The fourth-order valence-corrected chi connectivity index (χ4v) is 13.9. The largest absolute Gasteiger partial charge is 0.501 e. The van der Waals surface area contributed by atoms with Gasteiger partial charge in [0.15, 0.2) is 0 Å². The number of halogens is 4. The lowest BCUT2D eigenvalue weighted by atomic mass is 9.73. The number of sulfonamides is 1. The number of pyridine rings is 1. The molecule has 4 N–H and O–H groups in total. The predicted molar refractivity (Wildman–Crippen MR) is 310 cm³/mol. The standard InChI is InChI=1S/C58H67ClF3N9O7S3/c1-57(2)23-20-49(41-8-12-44(59)13-9-41)43(36-57)38-70-30-32-71(33-31-70)46-14-10-42(11-15-46)55(73)67-81(77,78)48-16-17-50(52(35-48)80(75,76)58(60,61)62)64-45(39-79-47-6-4-3-5-7-47)22-25-68-26-28-69(29-27-68)37-40-21-24-63-53(34-40)65-51-18-19-54(72)66-56(51)74/h3-17,21,24,34-35,45,51,64H,18-20,22-23,25-33,36-39H2,1-2H3,(H,63,65)(H,67,73)(H,66,72,74)/t45-,51?/m1/s1. The number of nitrogens with zero attached hydrogens (tertiary/aromatic N) is 5. The lowest BCUT2D eigenvalue weighted by Crippen LogP contribution is -2.47. The first-order chi connectivity index (χ1) is 38.6. The minimum atomic E-state index is -6.13. The molecule has 0 bridgehead atoms. The first kappa shape index (κ1) is 59.6. The topological polar surface area (TPSA) is 193 Å². The molecular formula is C58H67ClF3N9O7S3. The van der Waals surface area contributed by atoms with E-state index in [1.807, 2.05) is 59.3 Å². The Morgan fingerprint density at radius 3 is 2.20 bits per heavy atom. The Kier molecular flexibility index (Phi) is 18.9. The van der Waals surface area contributed by atoms with Crippen molar-refractivity contribution in [1.29, 1.82) is 0 Å². The Morgan fingerprint density at radius 1 is 0.827 bits per heavy atom. The summed E-state index contributed by atoms with van der Waals surface area (Å²) in [6, 6.07) is 28.8. The fourth-order valence-electron chi connectivity index (χ4n) is 10.8. The van der Waals surface area contributed by atoms with Crippen molar-refractivity contribution in [3.8, 4) is 0 Å². The summed E-state index contributed by atoms with van der Waals surface area (Å²) in [6.07, 6.45) is 5.78. The van der Waals surface area contributed by atoms with Gasteiger partial charge in [-0.1, -0.05) is 61.4 Å². The second-order valence-corrected chi connectivity index (χ2v) is 27.0. The average molecular weight is 1190 g/mol. The highest BCUT2D eigenvalue weighted by molar-refractivity contribution is 7.99. The molecule has 1 unspecified atom stereocenters. The third-order valence-electron chi connectivity index (χ3n) is 15.3. The summed E-state index contributed by atoms with van der Waals surface area (Å²) in [4.78, 5) is 49.6. The normalized spacial score (nSPS) is 19.2. The molecule has 81 heavy (non-hydrogen) atoms. The number of carbonyl (C=O) groups excluding carboxylic acids is 3. The van der Waals surface area contributed by atoms with E-state index in [9.17, 15) is 44.4 Å². The summed E-state index contributed by atoms with van der Waals surface area (Å²) >= 11 is 7.64. The number of imide groups is 1. The van der Waals surface area contributed by atoms with Gasteiger partial charge in [0.2, 0.25) is 11.8 Å². The van der Waals surface area contributed by atoms with Crippen LogP contribution in [0.5, 0.6) is 0 Å². The molecule has 3 aliphatic heterocycles. The number of sulfone groups is 1. The minimum Gasteiger partial charge on any atom is -0.380 e. The Bertz CT molecular complexity index is 3320. The molecule has 1 aromatic heterocycles. The quantitative estimate of drug-likeness (QED) is 0.0426. The van der Waals surface area contributed by atoms with E-state index in [1.54, 1.807) is 18.3 Å². The smallest absolute Gasteiger partial charge is 0.380 e. The van der Waals surface area contributed by atoms with E-state index in [-0.39, 0.29) is 29.2 Å². The monoisotopic (exact) mass is 1190 g/mol. The van der Waals surface area contributed by atoms with Crippen molar-refractivity contribution in [1.82, 2.24) is 29.7 Å². The zero-order chi connectivity index (χ0) is 57.5. The number of anilines is 3. The van der Waals surface area contributed by atoms with Crippen molar-refractivity contribution in [2.45, 2.75) is 91.2 Å². The molecule has 3 saturated heterocycles. The first-order valence-electron chi connectivity index (χ1n) is 27.1. The number of allylic oxidation sites excluding steroid dienone is 1. The molecule has 5 aromatic rings. The van der Waals surface area contributed by atoms with E-state index in [2.05, 4.69) is 66.5 Å². The van der Waals surface area contributed by atoms with Gasteiger partial charge in [-0.2, -0.15) is 13.2 Å². The summed E-state index contributed by atoms with van der Waals surface area (Å²) < 4.78 is 99.5. The number of amides is 3. The first-order valence-corrected chi connectivity index (χ1v) is 31.4. The highest BCUT2D eigenvalue weighted by Crippen LogP contribution is 2.43. The van der Waals surface area contributed by atoms with Gasteiger partial charge in [0, 0.05) is 118 Å². The number of hydrogen-bond acceptors (Lipinski definition) is 15. The highest BCUT2D eigenvalue weighted by atomic mass is 35.5. The number of nitrogens with one attached hydrogen (secondary N) is 4. The maximum Gasteiger partial charge on any atom is 0.501 e. The summed E-state index contributed by atoms with van der Waals surface area (Å²) in [5.41, 5.74) is -0.195. The summed E-state index contributed by atoms with van der Waals surface area (Å²) in [5.74, 6) is -0.887. The molecule has 4 heterocycles. The SMILES string of the molecule is CC1(C)CCC(c2ccc(Cl)cc2)=C(CN2CCN(c3ccc(C(=O)NS(=O)(=O)c4ccc(N[C@H](CCN5CCN(Cc6ccnc(NC7CCC(=O)NC7=O)c6)CC5)CSc5ccccc5)c(S(=O)(=O)C(F)(F)F)c4)cc3)CC2)C1. The number of alkyl halides is 3. The highest BCUT2D eigenvalue weighted by Gasteiger charge is 2.48. The number of thioether (sulfide) groups is 1. The second kappa shape index (κ2) is 25.6. The molecule has 1 aliphatic carbocycles. The maximum absolute atomic E-state index is 14.5. The third-order valence-corrected chi connectivity index (χ3v) is 19.6. The number of piperazine rings is 2. The summed E-state index contributed by atoms with van der Waals surface area (Å²) in [7, 11) is -11.0. The van der Waals surface area contributed by atoms with E-state index in [0.717, 1.165) is 80.3 Å². The zero-order valence-corrected chi connectivity index (χ0v) is 48.4. The Morgan fingerprint density at radius 2 is 1.51 bits per heavy atom. The molecule has 9 rings (SSSR count). The minimum absolute atomic E-state index is 0.0203. The average Bonchev–Trinajstić information content (AvgIpc) is 3.56. The Labute approximate surface area is 481 Å². The molecule has 4 aliphatic rings. The molecule has 16 nitrogen and oxygen atoms in total. The Hall–Kier alpha value is -6.01. The molecule has 0 radical (unpaired) electrons. The van der Waals surface area contributed by atoms with Crippen LogP contribution in [0.25, 0.3) is 5.57 Å². The van der Waals surface area contributed by atoms with Gasteiger partial charge in [-0.05, 0) is 133 Å². The van der Waals surface area contributed by atoms with Gasteiger partial charge in [0.1, 0.15) is 16.8 Å². The van der Waals surface area contributed by atoms with Crippen molar-refractivity contribution >= 4 is 83.7 Å². The maximum atomic E-state index is 14.5. The van der Waals surface area contributed by atoms with Crippen LogP contribution >= 0.6 is 23.4 Å². The van der Waals surface area contributed by atoms with E-state index < -0.39 is 58.8 Å². The van der Waals surface area contributed by atoms with Crippen LogP contribution in [0.2, 0.25) is 5.02 Å². The third kappa shape index (κ3) is 15.6. The van der Waals surface area contributed by atoms with Gasteiger partial charge >= 0.3 is 5.51 Å². The second-order valence-electron chi connectivity index (χ2n) is 21.9. The van der Waals surface area contributed by atoms with Crippen LogP contribution in [-0.4, -0.2) is 143 Å². The van der Waals surface area contributed by atoms with E-state index in [1.165, 1.54) is 40.6 Å². The number of piperidine rings is 1. The van der Waals surface area contributed by atoms with Gasteiger partial charge in [-0.3, -0.25) is 29.5 Å². The molecule has 0 spiro atoms. The van der Waals surface area contributed by atoms with Crippen molar-refractivity contribution < 1.29 is 44.4 Å². The van der Waals surface area contributed by atoms with E-state index in [0.29, 0.717) is 74.8 Å². The van der Waals surface area contributed by atoms with Gasteiger partial charge in [0.25, 0.3) is 25.8 Å². The predicted octanol–water partition coefficient (Wildman–Crippen LogP) is 8.93. The van der Waals surface area contributed by atoms with Crippen LogP contribution < -0.4 is 25.6 Å². The summed E-state index contributed by atoms with van der Waals surface area (Å²) in [5, 5.41) is 9.21. The van der Waals surface area contributed by atoms with Crippen LogP contribution in [-0.2, 0) is 36.0 Å². The number of rotatable bonds is 20. The van der Waals surface area contributed by atoms with Crippen LogP contribution in [0.3, 0.4) is 0 Å². The van der Waals surface area contributed by atoms with Gasteiger partial charge in [-0.25, -0.2) is 26.5 Å². The van der Waals surface area contributed by atoms with Crippen molar-refractivity contribution in [2.24, 2.45) is 5.41 Å². The van der Waals surface area contributed by atoms with Crippen molar-refractivity contribution in [3.63, 3.8) is 0 Å². The summed E-state index contributed by atoms with van der Waals surface area (Å²) in [6.45, 7) is 12.4. The van der Waals surface area contributed by atoms with Crippen LogP contribution in [0.1, 0.15) is 73.9 Å². The zero-order valence-electron chi connectivity index (χ0n) is 45.2. The van der Waals surface area contributed by atoms with Gasteiger partial charge in [0.05, 0.1) is 10.6 Å². The van der Waals surface area contributed by atoms with Crippen LogP contribution in [0, 0.1) is 5.41 Å². The number of aromatic nitrogens is 1. The molecular weight excluding hydrogens is 1120 g/mol. The number of hydrogen-bond donors (Lipinski definition) is 4. The molecule has 2 atom stereocenters. The lowest BCUT2D eigenvalue weighted by molar-refractivity contribution is -0.133. The molecule has 23 heteroatoms. The molecule has 432 valence electrons. The molecule has 4 aromatic carbocycles. The fraction of sp³-hybridized carbons (Fsp3) is 0.414. The number of benzene rings is 4. The van der Waals surface area contributed by atoms with Gasteiger partial charge < -0.3 is 20.4 Å². The van der Waals surface area contributed by atoms with Crippen LogP contribution in [0.4, 0.5) is 30.4 Å². The van der Waals surface area contributed by atoms with E-state index in [4.69, 9.17) is 11.6 Å². The molecule has 0 saturated carbocycles. The molecule has 3 amide bonds. The van der Waals surface area contributed by atoms with Crippen molar-refractivity contribution in [3.05, 3.63) is 143 Å². The molecule has 3 fully saturated rings. The lowest BCUT2D eigenvalue weighted by Gasteiger charge is -2.39. The number of carbonyl (C=O) groups is 3.